The van der Waals surface area contributed by atoms with Crippen LogP contribution in [0.15, 0.2) is 54.6 Å². The van der Waals surface area contributed by atoms with E-state index in [2.05, 4.69) is 16.9 Å². The summed E-state index contributed by atoms with van der Waals surface area (Å²) in [5.41, 5.74) is 5.97. The predicted molar refractivity (Wildman–Crippen MR) is 88.7 cm³/mol. The lowest BCUT2D eigenvalue weighted by Gasteiger charge is -2.10. The largest absolute Gasteiger partial charge is 0.321 e. The fraction of sp³-hybridized carbons (Fsp3) is 0.0588. The van der Waals surface area contributed by atoms with Crippen molar-refractivity contribution >= 4 is 38.7 Å². The van der Waals surface area contributed by atoms with Crippen molar-refractivity contribution in [2.75, 3.05) is 5.32 Å². The second-order valence-corrected chi connectivity index (χ2v) is 5.70. The first kappa shape index (κ1) is 13.5. The molecular weight excluding hydrogens is 280 g/mol. The van der Waals surface area contributed by atoms with Crippen LogP contribution < -0.4 is 5.32 Å². The number of fused-ring (bicyclic) bond motifs is 1. The number of allylic oxidation sites excluding steroid dienone is 1. The lowest BCUT2D eigenvalue weighted by Crippen LogP contribution is -2.12. The van der Waals surface area contributed by atoms with Crippen LogP contribution in [-0.2, 0) is 0 Å². The van der Waals surface area contributed by atoms with E-state index in [9.17, 15) is 4.79 Å². The van der Waals surface area contributed by atoms with Gasteiger partial charge in [0.2, 0.25) is 0 Å². The van der Waals surface area contributed by atoms with E-state index in [0.29, 0.717) is 5.56 Å². The Morgan fingerprint density at radius 3 is 2.86 bits per heavy atom. The lowest BCUT2D eigenvalue weighted by molar-refractivity contribution is 0.102. The van der Waals surface area contributed by atoms with E-state index in [1.807, 2.05) is 43.3 Å². The third kappa shape index (κ3) is 2.71. The number of hydrogen-bond acceptors (Lipinski definition) is 3. The SMILES string of the molecule is C=C(C)c1ccccc1NC(=O)c1ccc2ncsc2c1. The van der Waals surface area contributed by atoms with Crippen LogP contribution in [0.1, 0.15) is 22.8 Å². The Morgan fingerprint density at radius 2 is 2.05 bits per heavy atom. The monoisotopic (exact) mass is 294 g/mol. The number of benzene rings is 2. The molecule has 0 fully saturated rings. The van der Waals surface area contributed by atoms with E-state index >= 15 is 0 Å². The number of anilines is 1. The molecule has 0 aliphatic rings. The van der Waals surface area contributed by atoms with E-state index in [4.69, 9.17) is 0 Å². The second-order valence-electron chi connectivity index (χ2n) is 4.81. The van der Waals surface area contributed by atoms with Crippen LogP contribution in [0, 0.1) is 0 Å². The number of carbonyl (C=O) groups excluding carboxylic acids is 1. The molecule has 0 aliphatic heterocycles. The minimum atomic E-state index is -0.126. The van der Waals surface area contributed by atoms with E-state index in [0.717, 1.165) is 27.0 Å². The maximum atomic E-state index is 12.4. The van der Waals surface area contributed by atoms with Crippen molar-refractivity contribution in [3.63, 3.8) is 0 Å². The van der Waals surface area contributed by atoms with E-state index < -0.39 is 0 Å². The molecule has 0 saturated heterocycles. The summed E-state index contributed by atoms with van der Waals surface area (Å²) in [6, 6.07) is 13.2. The molecule has 0 spiro atoms. The van der Waals surface area contributed by atoms with Gasteiger partial charge in [0.25, 0.3) is 5.91 Å². The topological polar surface area (TPSA) is 42.0 Å². The molecule has 0 atom stereocenters. The highest BCUT2D eigenvalue weighted by Gasteiger charge is 2.10. The molecule has 0 saturated carbocycles. The lowest BCUT2D eigenvalue weighted by atomic mass is 10.1. The third-order valence-corrected chi connectivity index (χ3v) is 4.02. The maximum Gasteiger partial charge on any atom is 0.255 e. The summed E-state index contributed by atoms with van der Waals surface area (Å²) in [7, 11) is 0. The van der Waals surface area contributed by atoms with Gasteiger partial charge in [-0.15, -0.1) is 11.3 Å². The van der Waals surface area contributed by atoms with Gasteiger partial charge in [0.15, 0.2) is 0 Å². The number of carbonyl (C=O) groups is 1. The molecule has 0 bridgehead atoms. The molecule has 104 valence electrons. The zero-order chi connectivity index (χ0) is 14.8. The number of nitrogens with zero attached hydrogens (tertiary/aromatic N) is 1. The van der Waals surface area contributed by atoms with Gasteiger partial charge in [0.05, 0.1) is 15.7 Å². The van der Waals surface area contributed by atoms with Crippen molar-refractivity contribution in [2.45, 2.75) is 6.92 Å². The summed E-state index contributed by atoms with van der Waals surface area (Å²) in [5, 5.41) is 2.95. The first-order valence-corrected chi connectivity index (χ1v) is 7.42. The fourth-order valence-electron chi connectivity index (χ4n) is 2.16. The van der Waals surface area contributed by atoms with Crippen molar-refractivity contribution in [2.24, 2.45) is 0 Å². The highest BCUT2D eigenvalue weighted by molar-refractivity contribution is 7.16. The van der Waals surface area contributed by atoms with Crippen molar-refractivity contribution in [1.82, 2.24) is 4.98 Å². The normalized spacial score (nSPS) is 10.5. The molecule has 1 aromatic heterocycles. The number of aromatic nitrogens is 1. The summed E-state index contributed by atoms with van der Waals surface area (Å²) in [4.78, 5) is 16.6. The highest BCUT2D eigenvalue weighted by atomic mass is 32.1. The Kier molecular flexibility index (Phi) is 3.54. The zero-order valence-electron chi connectivity index (χ0n) is 11.6. The van der Waals surface area contributed by atoms with Crippen LogP contribution in [0.2, 0.25) is 0 Å². The summed E-state index contributed by atoms with van der Waals surface area (Å²) in [6.07, 6.45) is 0. The van der Waals surface area contributed by atoms with Crippen LogP contribution in [-0.4, -0.2) is 10.9 Å². The van der Waals surface area contributed by atoms with Crippen LogP contribution in [0.5, 0.6) is 0 Å². The number of rotatable bonds is 3. The van der Waals surface area contributed by atoms with Crippen molar-refractivity contribution in [3.05, 3.63) is 65.7 Å². The number of nitrogens with one attached hydrogen (secondary N) is 1. The number of thiazole rings is 1. The van der Waals surface area contributed by atoms with Gasteiger partial charge < -0.3 is 5.32 Å². The molecule has 2 aromatic carbocycles. The first-order chi connectivity index (χ1) is 10.1. The summed E-state index contributed by atoms with van der Waals surface area (Å²) in [6.45, 7) is 5.87. The minimum Gasteiger partial charge on any atom is -0.321 e. The number of para-hydroxylation sites is 1. The molecule has 0 unspecified atom stereocenters. The molecule has 3 nitrogen and oxygen atoms in total. The number of hydrogen-bond donors (Lipinski definition) is 1. The molecule has 1 amide bonds. The van der Waals surface area contributed by atoms with Crippen LogP contribution in [0.25, 0.3) is 15.8 Å². The Morgan fingerprint density at radius 1 is 1.24 bits per heavy atom. The summed E-state index contributed by atoms with van der Waals surface area (Å²) < 4.78 is 1.01. The molecule has 1 heterocycles. The van der Waals surface area contributed by atoms with Gasteiger partial charge in [-0.2, -0.15) is 0 Å². The Balaban J connectivity index is 1.91. The first-order valence-electron chi connectivity index (χ1n) is 6.54. The fourth-order valence-corrected chi connectivity index (χ4v) is 2.87. The molecule has 0 radical (unpaired) electrons. The van der Waals surface area contributed by atoms with Gasteiger partial charge in [-0.3, -0.25) is 4.79 Å². The molecule has 4 heteroatoms. The second kappa shape index (κ2) is 5.50. The quantitative estimate of drug-likeness (QED) is 0.768. The molecular formula is C17H14N2OS. The molecule has 0 aliphatic carbocycles. The van der Waals surface area contributed by atoms with Gasteiger partial charge >= 0.3 is 0 Å². The maximum absolute atomic E-state index is 12.4. The van der Waals surface area contributed by atoms with Crippen molar-refractivity contribution in [3.8, 4) is 0 Å². The van der Waals surface area contributed by atoms with Crippen molar-refractivity contribution < 1.29 is 4.79 Å². The Labute approximate surface area is 127 Å². The summed E-state index contributed by atoms with van der Waals surface area (Å²) >= 11 is 1.53. The molecule has 1 N–H and O–H groups in total. The molecule has 3 rings (SSSR count). The Hall–Kier alpha value is -2.46. The zero-order valence-corrected chi connectivity index (χ0v) is 12.4. The van der Waals surface area contributed by atoms with Crippen LogP contribution in [0.3, 0.4) is 0 Å². The smallest absolute Gasteiger partial charge is 0.255 e. The van der Waals surface area contributed by atoms with Gasteiger partial charge in [-0.05, 0) is 36.8 Å². The van der Waals surface area contributed by atoms with Gasteiger partial charge in [0, 0.05) is 16.8 Å². The minimum absolute atomic E-state index is 0.126. The van der Waals surface area contributed by atoms with E-state index in [-0.39, 0.29) is 5.91 Å². The van der Waals surface area contributed by atoms with Gasteiger partial charge in [-0.1, -0.05) is 24.8 Å². The Bertz CT molecular complexity index is 835. The van der Waals surface area contributed by atoms with Gasteiger partial charge in [0.1, 0.15) is 0 Å². The average Bonchev–Trinajstić information content (AvgIpc) is 2.94. The van der Waals surface area contributed by atoms with Gasteiger partial charge in [-0.25, -0.2) is 4.98 Å². The third-order valence-electron chi connectivity index (χ3n) is 3.23. The van der Waals surface area contributed by atoms with E-state index in [1.165, 1.54) is 11.3 Å². The predicted octanol–water partition coefficient (Wildman–Crippen LogP) is 4.58. The average molecular weight is 294 g/mol. The number of amides is 1. The van der Waals surface area contributed by atoms with E-state index in [1.54, 1.807) is 11.6 Å². The standard InChI is InChI=1S/C17H14N2OS/c1-11(2)13-5-3-4-6-14(13)19-17(20)12-7-8-15-16(9-12)21-10-18-15/h3-10H,1H2,2H3,(H,19,20). The highest BCUT2D eigenvalue weighted by Crippen LogP contribution is 2.24. The van der Waals surface area contributed by atoms with Crippen molar-refractivity contribution in [1.29, 1.82) is 0 Å². The molecule has 21 heavy (non-hydrogen) atoms. The van der Waals surface area contributed by atoms with Crippen LogP contribution >= 0.6 is 11.3 Å². The molecule has 3 aromatic rings. The van der Waals surface area contributed by atoms with Crippen LogP contribution in [0.4, 0.5) is 5.69 Å². The summed E-state index contributed by atoms with van der Waals surface area (Å²) in [5.74, 6) is -0.126.